The Labute approximate surface area is 137 Å². The number of aliphatic hydroxyl groups excluding tert-OH is 1. The minimum absolute atomic E-state index is 0. The second-order valence-electron chi connectivity index (χ2n) is 2.54. The van der Waals surface area contributed by atoms with E-state index < -0.39 is 36.0 Å². The van der Waals surface area contributed by atoms with Crippen molar-refractivity contribution in [3.8, 4) is 0 Å². The van der Waals surface area contributed by atoms with Gasteiger partial charge in [-0.05, 0) is 0 Å². The summed E-state index contributed by atoms with van der Waals surface area (Å²) >= 11 is 0. The Hall–Kier alpha value is 0.330. The fraction of sp³-hybridized carbons (Fsp3) is 0.500. The summed E-state index contributed by atoms with van der Waals surface area (Å²) in [5, 5.41) is 42.6. The Kier molecular flexibility index (Phi) is 11.4. The Morgan fingerprint density at radius 3 is 1.69 bits per heavy atom. The van der Waals surface area contributed by atoms with Crippen molar-refractivity contribution in [1.29, 1.82) is 0 Å². The van der Waals surface area contributed by atoms with Crippen molar-refractivity contribution in [2.24, 2.45) is 0 Å². The first-order valence-electron chi connectivity index (χ1n) is 3.30. The quantitative estimate of drug-likeness (QED) is 0.304. The van der Waals surface area contributed by atoms with Crippen molar-refractivity contribution >= 4 is 17.9 Å². The molecule has 0 aromatic carbocycles. The van der Waals surface area contributed by atoms with E-state index in [2.05, 4.69) is 0 Å². The van der Waals surface area contributed by atoms with Gasteiger partial charge in [-0.1, -0.05) is 0 Å². The molecule has 0 saturated carbocycles. The molecule has 0 fully saturated rings. The molecular formula is C6H10Na2O8. The van der Waals surface area contributed by atoms with Crippen LogP contribution in [0.5, 0.6) is 0 Å². The van der Waals surface area contributed by atoms with Gasteiger partial charge in [0, 0.05) is 0 Å². The van der Waals surface area contributed by atoms with Crippen LogP contribution in [-0.2, 0) is 14.4 Å². The monoisotopic (exact) mass is 256 g/mol. The molecule has 0 rings (SSSR count). The SMILES string of the molecule is O=C(O)CC(O)(C(=O)O)C(O)C(=O)O.[H-].[H-].[Na+].[Na+]. The standard InChI is InChI=1S/C6H8O8.2Na.2H/c7-2(8)1-6(14,5(12)13)3(9)4(10)11;;;;/h3,9,14H,1H2,(H,7,8)(H,10,11)(H,12,13);;;;/q;2*+1;2*-1. The first-order valence-corrected chi connectivity index (χ1v) is 3.30. The maximum absolute atomic E-state index is 10.4. The maximum atomic E-state index is 10.4. The molecule has 16 heavy (non-hydrogen) atoms. The average molecular weight is 256 g/mol. The topological polar surface area (TPSA) is 152 Å². The van der Waals surface area contributed by atoms with Crippen molar-refractivity contribution in [3.63, 3.8) is 0 Å². The van der Waals surface area contributed by atoms with Crippen LogP contribution in [0, 0.1) is 0 Å². The van der Waals surface area contributed by atoms with Crippen LogP contribution >= 0.6 is 0 Å². The predicted octanol–water partition coefficient (Wildman–Crippen LogP) is -8.04. The Bertz CT molecular complexity index is 289. The third-order valence-corrected chi connectivity index (χ3v) is 1.48. The van der Waals surface area contributed by atoms with Gasteiger partial charge >= 0.3 is 77.0 Å². The smallest absolute Gasteiger partial charge is 1.00 e. The molecule has 0 aromatic heterocycles. The van der Waals surface area contributed by atoms with E-state index in [4.69, 9.17) is 25.5 Å². The Morgan fingerprint density at radius 1 is 1.12 bits per heavy atom. The molecule has 0 aliphatic heterocycles. The molecule has 2 atom stereocenters. The van der Waals surface area contributed by atoms with Crippen molar-refractivity contribution < 1.29 is 102 Å². The van der Waals surface area contributed by atoms with Gasteiger partial charge in [0.05, 0.1) is 6.42 Å². The number of carbonyl (C=O) groups is 3. The molecule has 0 aliphatic carbocycles. The van der Waals surface area contributed by atoms with Crippen molar-refractivity contribution in [1.82, 2.24) is 0 Å². The first kappa shape index (κ1) is 21.6. The summed E-state index contributed by atoms with van der Waals surface area (Å²) in [6.45, 7) is 0. The van der Waals surface area contributed by atoms with Crippen LogP contribution in [0.2, 0.25) is 0 Å². The summed E-state index contributed by atoms with van der Waals surface area (Å²) in [5.74, 6) is -5.87. The van der Waals surface area contributed by atoms with Gasteiger partial charge < -0.3 is 28.4 Å². The van der Waals surface area contributed by atoms with Gasteiger partial charge in [0.25, 0.3) is 0 Å². The summed E-state index contributed by atoms with van der Waals surface area (Å²) in [6, 6.07) is 0. The number of hydrogen-bond donors (Lipinski definition) is 5. The summed E-state index contributed by atoms with van der Waals surface area (Å²) < 4.78 is 0. The molecule has 0 heterocycles. The van der Waals surface area contributed by atoms with Crippen molar-refractivity contribution in [2.45, 2.75) is 18.1 Å². The van der Waals surface area contributed by atoms with Gasteiger partial charge in [0.15, 0.2) is 6.10 Å². The molecule has 5 N–H and O–H groups in total. The van der Waals surface area contributed by atoms with Crippen LogP contribution in [0.25, 0.3) is 0 Å². The molecule has 0 aromatic rings. The van der Waals surface area contributed by atoms with Gasteiger partial charge in [-0.25, -0.2) is 9.59 Å². The second kappa shape index (κ2) is 8.43. The molecule has 0 amide bonds. The molecule has 0 bridgehead atoms. The molecule has 10 heteroatoms. The van der Waals surface area contributed by atoms with Gasteiger partial charge in [-0.15, -0.1) is 0 Å². The van der Waals surface area contributed by atoms with Crippen LogP contribution in [0.1, 0.15) is 9.27 Å². The van der Waals surface area contributed by atoms with Crippen molar-refractivity contribution in [3.05, 3.63) is 0 Å². The van der Waals surface area contributed by atoms with E-state index in [9.17, 15) is 14.4 Å². The number of carboxylic acids is 3. The fourth-order valence-electron chi connectivity index (χ4n) is 0.724. The summed E-state index contributed by atoms with van der Waals surface area (Å²) in [5.41, 5.74) is -3.22. The number of aliphatic hydroxyl groups is 2. The van der Waals surface area contributed by atoms with E-state index >= 15 is 0 Å². The predicted molar refractivity (Wildman–Crippen MR) is 40.7 cm³/mol. The molecule has 0 aliphatic rings. The number of aliphatic carboxylic acids is 3. The van der Waals surface area contributed by atoms with Crippen LogP contribution in [0.4, 0.5) is 0 Å². The largest absolute Gasteiger partial charge is 1.00 e. The summed E-state index contributed by atoms with van der Waals surface area (Å²) in [6.07, 6.45) is -4.11. The number of rotatable bonds is 5. The number of hydrogen-bond acceptors (Lipinski definition) is 5. The van der Waals surface area contributed by atoms with Gasteiger partial charge in [-0.2, -0.15) is 0 Å². The van der Waals surface area contributed by atoms with Gasteiger partial charge in [0.1, 0.15) is 0 Å². The molecule has 2 unspecified atom stereocenters. The zero-order chi connectivity index (χ0) is 11.5. The fourth-order valence-corrected chi connectivity index (χ4v) is 0.724. The normalized spacial score (nSPS) is 14.6. The summed E-state index contributed by atoms with van der Waals surface area (Å²) in [7, 11) is 0. The van der Waals surface area contributed by atoms with Crippen LogP contribution in [-0.4, -0.2) is 55.1 Å². The van der Waals surface area contributed by atoms with E-state index in [1.165, 1.54) is 0 Å². The minimum atomic E-state index is -3.22. The third-order valence-electron chi connectivity index (χ3n) is 1.48. The maximum Gasteiger partial charge on any atom is 1.00 e. The molecule has 0 saturated heterocycles. The zero-order valence-electron chi connectivity index (χ0n) is 10.7. The van der Waals surface area contributed by atoms with E-state index in [-0.39, 0.29) is 62.0 Å². The average Bonchev–Trinajstić information content (AvgIpc) is 2.00. The van der Waals surface area contributed by atoms with Crippen LogP contribution < -0.4 is 59.1 Å². The van der Waals surface area contributed by atoms with Crippen LogP contribution in [0.15, 0.2) is 0 Å². The molecular weight excluding hydrogens is 246 g/mol. The number of carboxylic acid groups (broad SMARTS) is 3. The van der Waals surface area contributed by atoms with Gasteiger partial charge in [0.2, 0.25) is 5.60 Å². The first-order chi connectivity index (χ1) is 6.21. The Balaban J connectivity index is -0.000000141. The third kappa shape index (κ3) is 5.60. The molecule has 0 spiro atoms. The van der Waals surface area contributed by atoms with E-state index in [0.717, 1.165) is 0 Å². The van der Waals surface area contributed by atoms with E-state index in [1.54, 1.807) is 0 Å². The van der Waals surface area contributed by atoms with E-state index in [0.29, 0.717) is 0 Å². The Morgan fingerprint density at radius 2 is 1.50 bits per heavy atom. The van der Waals surface area contributed by atoms with Gasteiger partial charge in [-0.3, -0.25) is 4.79 Å². The van der Waals surface area contributed by atoms with E-state index in [1.807, 2.05) is 0 Å². The zero-order valence-corrected chi connectivity index (χ0v) is 12.7. The second-order valence-corrected chi connectivity index (χ2v) is 2.54. The van der Waals surface area contributed by atoms with Crippen molar-refractivity contribution in [2.75, 3.05) is 0 Å². The molecule has 8 nitrogen and oxygen atoms in total. The van der Waals surface area contributed by atoms with Crippen LogP contribution in [0.3, 0.4) is 0 Å². The molecule has 84 valence electrons. The minimum Gasteiger partial charge on any atom is -1.00 e. The molecule has 0 radical (unpaired) electrons. The summed E-state index contributed by atoms with van der Waals surface area (Å²) in [4.78, 5) is 30.7.